The molecule has 0 spiro atoms. The minimum Gasteiger partial charge on any atom is -0.348 e. The fraction of sp³-hybridized carbons (Fsp3) is 0.412. The number of nitriles is 1. The molecule has 0 bridgehead atoms. The van der Waals surface area contributed by atoms with E-state index in [0.717, 1.165) is 19.3 Å². The van der Waals surface area contributed by atoms with E-state index in [1.54, 1.807) is 12.1 Å². The summed E-state index contributed by atoms with van der Waals surface area (Å²) in [5, 5.41) is 12.1. The van der Waals surface area contributed by atoms with Crippen molar-refractivity contribution in [1.82, 2.24) is 5.32 Å². The third kappa shape index (κ3) is 4.17. The van der Waals surface area contributed by atoms with Crippen LogP contribution in [0.1, 0.15) is 38.2 Å². The van der Waals surface area contributed by atoms with Crippen LogP contribution in [0.2, 0.25) is 0 Å². The van der Waals surface area contributed by atoms with E-state index in [1.165, 1.54) is 18.6 Å². The van der Waals surface area contributed by atoms with Crippen LogP contribution in [0.25, 0.3) is 6.08 Å². The average molecular weight is 365 g/mol. The van der Waals surface area contributed by atoms with Crippen molar-refractivity contribution < 1.29 is 9.18 Å². The highest BCUT2D eigenvalue weighted by molar-refractivity contribution is 9.10. The van der Waals surface area contributed by atoms with Gasteiger partial charge in [0.05, 0.1) is 0 Å². The molecule has 1 aromatic rings. The maximum absolute atomic E-state index is 13.7. The van der Waals surface area contributed by atoms with E-state index in [4.69, 9.17) is 0 Å². The quantitative estimate of drug-likeness (QED) is 0.645. The van der Waals surface area contributed by atoms with E-state index < -0.39 is 11.7 Å². The van der Waals surface area contributed by atoms with Gasteiger partial charge in [-0.25, -0.2) is 4.39 Å². The summed E-state index contributed by atoms with van der Waals surface area (Å²) in [4.78, 5) is 12.3. The Morgan fingerprint density at radius 3 is 2.86 bits per heavy atom. The molecule has 0 aromatic heterocycles. The predicted octanol–water partition coefficient (Wildman–Crippen LogP) is 4.19. The SMILES string of the molecule is CC1CCCCC1NC(=O)/C(C#N)=C/c1cc(Br)ccc1F. The van der Waals surface area contributed by atoms with Crippen LogP contribution < -0.4 is 5.32 Å². The molecular weight excluding hydrogens is 347 g/mol. The molecule has 3 nitrogen and oxygen atoms in total. The maximum atomic E-state index is 13.7. The zero-order valence-corrected chi connectivity index (χ0v) is 14.0. The Labute approximate surface area is 138 Å². The number of rotatable bonds is 3. The molecule has 1 fully saturated rings. The van der Waals surface area contributed by atoms with Gasteiger partial charge in [-0.2, -0.15) is 5.26 Å². The van der Waals surface area contributed by atoms with Crippen LogP contribution in [-0.2, 0) is 4.79 Å². The predicted molar refractivity (Wildman–Crippen MR) is 87.3 cm³/mol. The van der Waals surface area contributed by atoms with Gasteiger partial charge in [-0.05, 0) is 43.0 Å². The zero-order chi connectivity index (χ0) is 16.1. The van der Waals surface area contributed by atoms with Crippen molar-refractivity contribution in [3.8, 4) is 6.07 Å². The Kier molecular flexibility index (Phi) is 5.73. The molecule has 0 saturated heterocycles. The highest BCUT2D eigenvalue weighted by atomic mass is 79.9. The van der Waals surface area contributed by atoms with E-state index in [1.807, 2.05) is 6.07 Å². The molecule has 1 aliphatic carbocycles. The number of amides is 1. The van der Waals surface area contributed by atoms with Gasteiger partial charge in [0, 0.05) is 16.1 Å². The first kappa shape index (κ1) is 16.7. The summed E-state index contributed by atoms with van der Waals surface area (Å²) in [6.45, 7) is 2.11. The smallest absolute Gasteiger partial charge is 0.262 e. The number of hydrogen-bond donors (Lipinski definition) is 1. The van der Waals surface area contributed by atoms with Crippen molar-refractivity contribution in [2.24, 2.45) is 5.92 Å². The van der Waals surface area contributed by atoms with Gasteiger partial charge in [-0.1, -0.05) is 35.7 Å². The Morgan fingerprint density at radius 2 is 2.18 bits per heavy atom. The molecule has 2 atom stereocenters. The molecule has 1 aromatic carbocycles. The Morgan fingerprint density at radius 1 is 1.45 bits per heavy atom. The third-order valence-electron chi connectivity index (χ3n) is 4.05. The van der Waals surface area contributed by atoms with Crippen LogP contribution in [0.3, 0.4) is 0 Å². The average Bonchev–Trinajstić information content (AvgIpc) is 2.50. The number of halogens is 2. The van der Waals surface area contributed by atoms with Gasteiger partial charge in [0.1, 0.15) is 17.5 Å². The molecule has 1 saturated carbocycles. The van der Waals surface area contributed by atoms with Crippen molar-refractivity contribution in [3.05, 3.63) is 39.6 Å². The summed E-state index contributed by atoms with van der Waals surface area (Å²) in [5.74, 6) is -0.490. The summed E-state index contributed by atoms with van der Waals surface area (Å²) in [6.07, 6.45) is 5.56. The molecule has 1 N–H and O–H groups in total. The standard InChI is InChI=1S/C17H18BrFN2O/c1-11-4-2-3-5-16(11)21-17(22)13(10-20)8-12-9-14(18)6-7-15(12)19/h6-9,11,16H,2-5H2,1H3,(H,21,22)/b13-8+. The van der Waals surface area contributed by atoms with Crippen LogP contribution in [0.4, 0.5) is 4.39 Å². The normalized spacial score (nSPS) is 22.0. The van der Waals surface area contributed by atoms with Gasteiger partial charge in [-0.3, -0.25) is 4.79 Å². The van der Waals surface area contributed by atoms with Crippen molar-refractivity contribution in [1.29, 1.82) is 5.26 Å². The van der Waals surface area contributed by atoms with Crippen LogP contribution in [0.15, 0.2) is 28.2 Å². The second kappa shape index (κ2) is 7.55. The number of carbonyl (C=O) groups excluding carboxylic acids is 1. The van der Waals surface area contributed by atoms with Gasteiger partial charge in [0.25, 0.3) is 5.91 Å². The van der Waals surface area contributed by atoms with Gasteiger partial charge < -0.3 is 5.32 Å². The van der Waals surface area contributed by atoms with Gasteiger partial charge in [0.2, 0.25) is 0 Å². The Bertz CT molecular complexity index is 636. The van der Waals surface area contributed by atoms with Crippen LogP contribution in [0, 0.1) is 23.1 Å². The first-order valence-corrected chi connectivity index (χ1v) is 8.18. The van der Waals surface area contributed by atoms with E-state index in [2.05, 4.69) is 28.2 Å². The molecule has 22 heavy (non-hydrogen) atoms. The summed E-state index contributed by atoms with van der Waals surface area (Å²) < 4.78 is 14.4. The monoisotopic (exact) mass is 364 g/mol. The summed E-state index contributed by atoms with van der Waals surface area (Å²) in [7, 11) is 0. The topological polar surface area (TPSA) is 52.9 Å². The van der Waals surface area contributed by atoms with E-state index >= 15 is 0 Å². The molecule has 0 aliphatic heterocycles. The van der Waals surface area contributed by atoms with Crippen molar-refractivity contribution in [2.45, 2.75) is 38.6 Å². The second-order valence-electron chi connectivity index (χ2n) is 5.68. The fourth-order valence-electron chi connectivity index (χ4n) is 2.71. The highest BCUT2D eigenvalue weighted by Crippen LogP contribution is 2.24. The van der Waals surface area contributed by atoms with Gasteiger partial charge in [-0.15, -0.1) is 0 Å². The molecule has 2 rings (SSSR count). The largest absolute Gasteiger partial charge is 0.348 e. The molecule has 1 amide bonds. The minimum absolute atomic E-state index is 0.0743. The molecule has 0 heterocycles. The molecule has 2 unspecified atom stereocenters. The Balaban J connectivity index is 2.16. The first-order chi connectivity index (χ1) is 10.5. The van der Waals surface area contributed by atoms with Gasteiger partial charge in [0.15, 0.2) is 0 Å². The van der Waals surface area contributed by atoms with Gasteiger partial charge >= 0.3 is 0 Å². The number of hydrogen-bond acceptors (Lipinski definition) is 2. The lowest BCUT2D eigenvalue weighted by molar-refractivity contribution is -0.118. The fourth-order valence-corrected chi connectivity index (χ4v) is 3.08. The number of carbonyl (C=O) groups is 1. The number of nitrogens with zero attached hydrogens (tertiary/aromatic N) is 1. The van der Waals surface area contributed by atoms with Crippen molar-refractivity contribution in [2.75, 3.05) is 0 Å². The maximum Gasteiger partial charge on any atom is 0.262 e. The Hall–Kier alpha value is -1.67. The lowest BCUT2D eigenvalue weighted by atomic mass is 9.86. The second-order valence-corrected chi connectivity index (χ2v) is 6.59. The number of benzene rings is 1. The zero-order valence-electron chi connectivity index (χ0n) is 12.4. The lowest BCUT2D eigenvalue weighted by Gasteiger charge is -2.29. The molecule has 0 radical (unpaired) electrons. The van der Waals surface area contributed by atoms with Crippen LogP contribution >= 0.6 is 15.9 Å². The molecular formula is C17H18BrFN2O. The van der Waals surface area contributed by atoms with Crippen molar-refractivity contribution >= 4 is 27.9 Å². The van der Waals surface area contributed by atoms with E-state index in [9.17, 15) is 14.4 Å². The van der Waals surface area contributed by atoms with Crippen molar-refractivity contribution in [3.63, 3.8) is 0 Å². The first-order valence-electron chi connectivity index (χ1n) is 7.39. The minimum atomic E-state index is -0.463. The molecule has 5 heteroatoms. The summed E-state index contributed by atoms with van der Waals surface area (Å²) in [6, 6.07) is 6.37. The molecule has 1 aliphatic rings. The number of nitrogens with one attached hydrogen (secondary N) is 1. The van der Waals surface area contributed by atoms with E-state index in [-0.39, 0.29) is 17.2 Å². The summed E-state index contributed by atoms with van der Waals surface area (Å²) in [5.41, 5.74) is 0.146. The van der Waals surface area contributed by atoms with Crippen LogP contribution in [-0.4, -0.2) is 11.9 Å². The molecule has 116 valence electrons. The lowest BCUT2D eigenvalue weighted by Crippen LogP contribution is -2.41. The van der Waals surface area contributed by atoms with Crippen LogP contribution in [0.5, 0.6) is 0 Å². The third-order valence-corrected chi connectivity index (χ3v) is 4.54. The highest BCUT2D eigenvalue weighted by Gasteiger charge is 2.24. The van der Waals surface area contributed by atoms with E-state index in [0.29, 0.717) is 10.4 Å². The summed E-state index contributed by atoms with van der Waals surface area (Å²) >= 11 is 3.25.